The first kappa shape index (κ1) is 16.8. The summed E-state index contributed by atoms with van der Waals surface area (Å²) in [4.78, 5) is 20.8. The lowest BCUT2D eigenvalue weighted by molar-refractivity contribution is -0.0463. The number of carbonyl (C=O) groups is 1. The zero-order valence-electron chi connectivity index (χ0n) is 15.3. The van der Waals surface area contributed by atoms with Gasteiger partial charge in [0.15, 0.2) is 0 Å². The molecule has 2 aliphatic heterocycles. The van der Waals surface area contributed by atoms with Gasteiger partial charge in [0.2, 0.25) is 5.95 Å². The van der Waals surface area contributed by atoms with Crippen LogP contribution < -0.4 is 10.6 Å². The molecule has 10 nitrogen and oxygen atoms in total. The van der Waals surface area contributed by atoms with Crippen molar-refractivity contribution in [1.82, 2.24) is 35.5 Å². The van der Waals surface area contributed by atoms with Crippen LogP contribution in [-0.2, 0) is 11.8 Å². The van der Waals surface area contributed by atoms with Gasteiger partial charge in [-0.2, -0.15) is 0 Å². The molecule has 1 aliphatic carbocycles. The summed E-state index contributed by atoms with van der Waals surface area (Å²) in [5.41, 5.74) is -0.0820. The Morgan fingerprint density at radius 3 is 2.81 bits per heavy atom. The van der Waals surface area contributed by atoms with Crippen LogP contribution in [0.4, 0.5) is 5.95 Å². The zero-order chi connectivity index (χ0) is 18.6. The molecule has 4 heterocycles. The fourth-order valence-electron chi connectivity index (χ4n) is 4.10. The third-order valence-electron chi connectivity index (χ3n) is 5.57. The number of aromatic nitrogens is 6. The highest BCUT2D eigenvalue weighted by Gasteiger charge is 2.72. The first-order valence-electron chi connectivity index (χ1n) is 8.51. The summed E-state index contributed by atoms with van der Waals surface area (Å²) in [6.07, 6.45) is 4.44. The SMILES string of the molecule is Cc1ncncc1C(=O)NC12CC(CNc3nnnn3C)(C1)OC2(C)C. The van der Waals surface area contributed by atoms with E-state index in [1.54, 1.807) is 24.9 Å². The number of hydrogen-bond donors (Lipinski definition) is 2. The van der Waals surface area contributed by atoms with Gasteiger partial charge in [0.25, 0.3) is 5.91 Å². The second-order valence-electron chi connectivity index (χ2n) is 7.69. The molecule has 2 N–H and O–H groups in total. The van der Waals surface area contributed by atoms with Crippen molar-refractivity contribution in [2.45, 2.75) is 50.4 Å². The van der Waals surface area contributed by atoms with E-state index in [0.717, 1.165) is 12.8 Å². The Morgan fingerprint density at radius 1 is 1.38 bits per heavy atom. The normalized spacial score (nSPS) is 28.5. The number of rotatable bonds is 5. The van der Waals surface area contributed by atoms with Crippen LogP contribution in [-0.4, -0.2) is 59.4 Å². The van der Waals surface area contributed by atoms with Gasteiger partial charge in [-0.1, -0.05) is 5.10 Å². The second-order valence-corrected chi connectivity index (χ2v) is 7.69. The summed E-state index contributed by atoms with van der Waals surface area (Å²) < 4.78 is 7.90. The number of anilines is 1. The van der Waals surface area contributed by atoms with Gasteiger partial charge in [0, 0.05) is 32.6 Å². The van der Waals surface area contributed by atoms with Crippen LogP contribution in [0, 0.1) is 6.92 Å². The van der Waals surface area contributed by atoms with Crippen molar-refractivity contribution in [1.29, 1.82) is 0 Å². The summed E-state index contributed by atoms with van der Waals surface area (Å²) in [5, 5.41) is 17.8. The van der Waals surface area contributed by atoms with Gasteiger partial charge in [0.1, 0.15) is 6.33 Å². The Morgan fingerprint density at radius 2 is 2.15 bits per heavy atom. The predicted octanol–water partition coefficient (Wildman–Crippen LogP) is 0.231. The Bertz CT molecular complexity index is 855. The van der Waals surface area contributed by atoms with Crippen LogP contribution in [0.3, 0.4) is 0 Å². The number of ether oxygens (including phenoxy) is 1. The predicted molar refractivity (Wildman–Crippen MR) is 91.4 cm³/mol. The van der Waals surface area contributed by atoms with Gasteiger partial charge in [-0.3, -0.25) is 4.79 Å². The van der Waals surface area contributed by atoms with Gasteiger partial charge in [-0.15, -0.1) is 0 Å². The summed E-state index contributed by atoms with van der Waals surface area (Å²) >= 11 is 0. The lowest BCUT2D eigenvalue weighted by Gasteiger charge is -2.47. The van der Waals surface area contributed by atoms with Crippen molar-refractivity contribution in [3.05, 3.63) is 23.8 Å². The number of nitrogens with one attached hydrogen (secondary N) is 2. The first-order valence-corrected chi connectivity index (χ1v) is 8.51. The molecule has 0 atom stereocenters. The minimum absolute atomic E-state index is 0.166. The average molecular weight is 358 g/mol. The van der Waals surface area contributed by atoms with Crippen LogP contribution in [0.15, 0.2) is 12.5 Å². The maximum atomic E-state index is 12.7. The highest BCUT2D eigenvalue weighted by atomic mass is 16.5. The van der Waals surface area contributed by atoms with Crippen molar-refractivity contribution in [3.63, 3.8) is 0 Å². The highest BCUT2D eigenvalue weighted by Crippen LogP contribution is 2.60. The minimum Gasteiger partial charge on any atom is -0.365 e. The molecule has 1 amide bonds. The van der Waals surface area contributed by atoms with Crippen molar-refractivity contribution in [2.75, 3.05) is 11.9 Å². The van der Waals surface area contributed by atoms with Crippen LogP contribution in [0.5, 0.6) is 0 Å². The lowest BCUT2D eigenvalue weighted by Crippen LogP contribution is -2.65. The van der Waals surface area contributed by atoms with Crippen LogP contribution in [0.2, 0.25) is 0 Å². The van der Waals surface area contributed by atoms with E-state index in [9.17, 15) is 4.79 Å². The molecular formula is C16H22N8O2. The van der Waals surface area contributed by atoms with E-state index in [0.29, 0.717) is 23.8 Å². The molecule has 0 radical (unpaired) electrons. The fourth-order valence-corrected chi connectivity index (χ4v) is 4.10. The molecule has 1 saturated carbocycles. The third-order valence-corrected chi connectivity index (χ3v) is 5.57. The molecule has 5 rings (SSSR count). The van der Waals surface area contributed by atoms with Gasteiger partial charge in [-0.05, 0) is 31.2 Å². The van der Waals surface area contributed by atoms with E-state index in [4.69, 9.17) is 4.74 Å². The molecule has 0 unspecified atom stereocenters. The van der Waals surface area contributed by atoms with Crippen molar-refractivity contribution >= 4 is 11.9 Å². The van der Waals surface area contributed by atoms with Gasteiger partial charge in [-0.25, -0.2) is 14.6 Å². The zero-order valence-corrected chi connectivity index (χ0v) is 15.3. The minimum atomic E-state index is -0.480. The van der Waals surface area contributed by atoms with Crippen LogP contribution >= 0.6 is 0 Å². The molecule has 10 heteroatoms. The largest absolute Gasteiger partial charge is 0.365 e. The molecule has 2 aromatic rings. The Hall–Kier alpha value is -2.62. The van der Waals surface area contributed by atoms with Crippen molar-refractivity contribution in [3.8, 4) is 0 Å². The molecule has 0 spiro atoms. The van der Waals surface area contributed by atoms with Gasteiger partial charge >= 0.3 is 0 Å². The monoisotopic (exact) mass is 358 g/mol. The average Bonchev–Trinajstić information content (AvgIpc) is 3.11. The molecule has 26 heavy (non-hydrogen) atoms. The summed E-state index contributed by atoms with van der Waals surface area (Å²) in [6.45, 7) is 6.41. The van der Waals surface area contributed by atoms with E-state index in [1.807, 2.05) is 13.8 Å². The van der Waals surface area contributed by atoms with Gasteiger partial charge < -0.3 is 15.4 Å². The molecule has 0 aromatic carbocycles. The van der Waals surface area contributed by atoms with E-state index in [2.05, 4.69) is 36.1 Å². The Balaban J connectivity index is 1.47. The summed E-state index contributed by atoms with van der Waals surface area (Å²) in [5.74, 6) is 0.423. The third kappa shape index (κ3) is 2.44. The molecule has 2 saturated heterocycles. The number of nitrogens with zero attached hydrogens (tertiary/aromatic N) is 6. The summed E-state index contributed by atoms with van der Waals surface area (Å²) in [6, 6.07) is 0. The maximum absolute atomic E-state index is 12.7. The molecule has 2 bridgehead atoms. The van der Waals surface area contributed by atoms with Crippen molar-refractivity contribution in [2.24, 2.45) is 7.05 Å². The number of hydrogen-bond acceptors (Lipinski definition) is 8. The number of tetrazole rings is 1. The standard InChI is InChI=1S/C16H22N8O2/c1-10-11(5-17-9-19-10)12(25)20-16-6-15(7-16,26-14(16,2)3)8-18-13-21-22-23-24(13)4/h5,9H,6-8H2,1-4H3,(H,20,25)(H,18,21,23). The topological polar surface area (TPSA) is 120 Å². The molecular weight excluding hydrogens is 336 g/mol. The molecule has 2 aromatic heterocycles. The number of aryl methyl sites for hydroxylation is 2. The molecule has 3 aliphatic rings. The van der Waals surface area contributed by atoms with Gasteiger partial charge in [0.05, 0.1) is 28.0 Å². The Kier molecular flexibility index (Phi) is 3.52. The van der Waals surface area contributed by atoms with Crippen molar-refractivity contribution < 1.29 is 9.53 Å². The lowest BCUT2D eigenvalue weighted by atomic mass is 9.62. The first-order chi connectivity index (χ1) is 12.3. The number of carbonyl (C=O) groups excluding carboxylic acids is 1. The van der Waals surface area contributed by atoms with E-state index in [1.165, 1.54) is 6.33 Å². The number of amides is 1. The molecule has 138 valence electrons. The van der Waals surface area contributed by atoms with E-state index in [-0.39, 0.29) is 11.5 Å². The van der Waals surface area contributed by atoms with E-state index < -0.39 is 11.1 Å². The maximum Gasteiger partial charge on any atom is 0.255 e. The highest BCUT2D eigenvalue weighted by molar-refractivity contribution is 5.95. The Labute approximate surface area is 150 Å². The van der Waals surface area contributed by atoms with Crippen LogP contribution in [0.1, 0.15) is 42.7 Å². The number of fused-ring (bicyclic) bond motifs is 1. The fraction of sp³-hybridized carbons (Fsp3) is 0.625. The smallest absolute Gasteiger partial charge is 0.255 e. The second kappa shape index (κ2) is 5.44. The molecule has 3 fully saturated rings. The summed E-state index contributed by atoms with van der Waals surface area (Å²) in [7, 11) is 1.77. The van der Waals surface area contributed by atoms with E-state index >= 15 is 0 Å². The van der Waals surface area contributed by atoms with Crippen LogP contribution in [0.25, 0.3) is 0 Å². The quantitative estimate of drug-likeness (QED) is 0.779.